The molecule has 0 fully saturated rings. The van der Waals surface area contributed by atoms with Gasteiger partial charge in [0, 0.05) is 18.9 Å². The molecule has 0 bridgehead atoms. The number of nitrogens with one attached hydrogen (secondary N) is 2. The highest BCUT2D eigenvalue weighted by atomic mass is 19.1. The molecule has 0 heterocycles. The van der Waals surface area contributed by atoms with Gasteiger partial charge >= 0.3 is 6.09 Å². The topological polar surface area (TPSA) is 85.9 Å². The average molecular weight is 356 g/mol. The Morgan fingerprint density at radius 3 is 2.48 bits per heavy atom. The van der Waals surface area contributed by atoms with E-state index < -0.39 is 29.5 Å². The van der Waals surface area contributed by atoms with E-state index in [2.05, 4.69) is 10.6 Å². The normalized spacial score (nSPS) is 12.2. The van der Waals surface area contributed by atoms with Crippen LogP contribution >= 0.6 is 0 Å². The number of hydrogen-bond acceptors (Lipinski definition) is 5. The molecule has 0 aliphatic rings. The highest BCUT2D eigenvalue weighted by Gasteiger charge is 2.21. The van der Waals surface area contributed by atoms with Crippen molar-refractivity contribution in [2.24, 2.45) is 0 Å². The minimum atomic E-state index is -0.851. The lowest BCUT2D eigenvalue weighted by Gasteiger charge is -2.21. The van der Waals surface area contributed by atoms with Crippen LogP contribution in [0, 0.1) is 5.82 Å². The standard InChI is InChI=1S/C17H25FN2O5/c1-11(19-16(22)25-17(2,3)4)15(21)20-12-6-7-14(13(18)10-12)24-9-8-23-5/h6-7,10-11H,8-9H2,1-5H3,(H,19,22)(H,20,21). The Bertz CT molecular complexity index is 601. The second-order valence-electron chi connectivity index (χ2n) is 6.34. The fourth-order valence-corrected chi connectivity index (χ4v) is 1.73. The summed E-state index contributed by atoms with van der Waals surface area (Å²) < 4.78 is 29.0. The number of amides is 2. The second kappa shape index (κ2) is 9.22. The van der Waals surface area contributed by atoms with E-state index in [9.17, 15) is 14.0 Å². The van der Waals surface area contributed by atoms with Crippen LogP contribution in [-0.4, -0.2) is 44.0 Å². The van der Waals surface area contributed by atoms with Crippen molar-refractivity contribution in [3.8, 4) is 5.75 Å². The van der Waals surface area contributed by atoms with Gasteiger partial charge in [-0.2, -0.15) is 0 Å². The maximum atomic E-state index is 13.9. The van der Waals surface area contributed by atoms with Crippen molar-refractivity contribution in [1.29, 1.82) is 0 Å². The first kappa shape index (κ1) is 20.7. The minimum absolute atomic E-state index is 0.0648. The van der Waals surface area contributed by atoms with Gasteiger partial charge in [0.1, 0.15) is 18.2 Å². The quantitative estimate of drug-likeness (QED) is 0.734. The first-order valence-electron chi connectivity index (χ1n) is 7.84. The number of benzene rings is 1. The van der Waals surface area contributed by atoms with Crippen molar-refractivity contribution in [2.45, 2.75) is 39.3 Å². The van der Waals surface area contributed by atoms with Crippen LogP contribution in [0.4, 0.5) is 14.9 Å². The number of rotatable bonds is 7. The number of methoxy groups -OCH3 is 1. The van der Waals surface area contributed by atoms with Crippen LogP contribution in [0.15, 0.2) is 18.2 Å². The molecule has 25 heavy (non-hydrogen) atoms. The molecule has 1 rings (SSSR count). The molecule has 7 nitrogen and oxygen atoms in total. The Hall–Kier alpha value is -2.35. The number of anilines is 1. The molecule has 0 aliphatic heterocycles. The lowest BCUT2D eigenvalue weighted by atomic mass is 10.2. The number of halogens is 1. The molecule has 0 saturated carbocycles. The summed E-state index contributed by atoms with van der Waals surface area (Å²) in [6, 6.07) is 3.20. The van der Waals surface area contributed by atoms with Crippen LogP contribution in [0.3, 0.4) is 0 Å². The van der Waals surface area contributed by atoms with Gasteiger partial charge in [-0.15, -0.1) is 0 Å². The monoisotopic (exact) mass is 356 g/mol. The van der Waals surface area contributed by atoms with Gasteiger partial charge in [-0.25, -0.2) is 9.18 Å². The fraction of sp³-hybridized carbons (Fsp3) is 0.529. The van der Waals surface area contributed by atoms with Gasteiger partial charge in [0.05, 0.1) is 6.61 Å². The maximum absolute atomic E-state index is 13.9. The molecule has 0 saturated heterocycles. The molecule has 0 aromatic heterocycles. The van der Waals surface area contributed by atoms with E-state index >= 15 is 0 Å². The van der Waals surface area contributed by atoms with Crippen molar-refractivity contribution in [3.05, 3.63) is 24.0 Å². The minimum Gasteiger partial charge on any atom is -0.488 e. The molecule has 0 radical (unpaired) electrons. The molecule has 0 aliphatic carbocycles. The molecule has 1 unspecified atom stereocenters. The lowest BCUT2D eigenvalue weighted by molar-refractivity contribution is -0.117. The van der Waals surface area contributed by atoms with Crippen LogP contribution in [0.5, 0.6) is 5.75 Å². The van der Waals surface area contributed by atoms with Crippen molar-refractivity contribution >= 4 is 17.7 Å². The molecule has 1 aromatic rings. The Morgan fingerprint density at radius 1 is 1.24 bits per heavy atom. The van der Waals surface area contributed by atoms with Crippen LogP contribution in [0.25, 0.3) is 0 Å². The van der Waals surface area contributed by atoms with Gasteiger partial charge in [-0.1, -0.05) is 0 Å². The molecule has 0 spiro atoms. The number of alkyl carbamates (subject to hydrolysis) is 1. The summed E-state index contributed by atoms with van der Waals surface area (Å²) in [6.07, 6.45) is -0.705. The molecule has 140 valence electrons. The fourth-order valence-electron chi connectivity index (χ4n) is 1.73. The first-order valence-corrected chi connectivity index (χ1v) is 7.84. The molecular formula is C17H25FN2O5. The van der Waals surface area contributed by atoms with Crippen molar-refractivity contribution in [3.63, 3.8) is 0 Å². The highest BCUT2D eigenvalue weighted by molar-refractivity contribution is 5.96. The highest BCUT2D eigenvalue weighted by Crippen LogP contribution is 2.21. The van der Waals surface area contributed by atoms with Gasteiger partial charge in [0.25, 0.3) is 0 Å². The van der Waals surface area contributed by atoms with Gasteiger partial charge < -0.3 is 24.8 Å². The lowest BCUT2D eigenvalue weighted by Crippen LogP contribution is -2.43. The summed E-state index contributed by atoms with van der Waals surface area (Å²) in [7, 11) is 1.52. The summed E-state index contributed by atoms with van der Waals surface area (Å²) >= 11 is 0. The number of ether oxygens (including phenoxy) is 3. The first-order chi connectivity index (χ1) is 11.6. The van der Waals surface area contributed by atoms with Gasteiger partial charge in [0.15, 0.2) is 11.6 Å². The maximum Gasteiger partial charge on any atom is 0.408 e. The Labute approximate surface area is 146 Å². The SMILES string of the molecule is COCCOc1ccc(NC(=O)C(C)NC(=O)OC(C)(C)C)cc1F. The van der Waals surface area contributed by atoms with E-state index in [4.69, 9.17) is 14.2 Å². The largest absolute Gasteiger partial charge is 0.488 e. The number of carbonyl (C=O) groups excluding carboxylic acids is 2. The van der Waals surface area contributed by atoms with E-state index in [0.29, 0.717) is 6.61 Å². The van der Waals surface area contributed by atoms with Crippen molar-refractivity contribution in [2.75, 3.05) is 25.6 Å². The smallest absolute Gasteiger partial charge is 0.408 e. The summed E-state index contributed by atoms with van der Waals surface area (Å²) in [5.41, 5.74) is -0.415. The number of hydrogen-bond donors (Lipinski definition) is 2. The van der Waals surface area contributed by atoms with E-state index in [0.717, 1.165) is 6.07 Å². The zero-order chi connectivity index (χ0) is 19.0. The Kier molecular flexibility index (Phi) is 7.63. The second-order valence-corrected chi connectivity index (χ2v) is 6.34. The third-order valence-corrected chi connectivity index (χ3v) is 2.87. The molecule has 1 atom stereocenters. The summed E-state index contributed by atoms with van der Waals surface area (Å²) in [4.78, 5) is 23.7. The predicted molar refractivity (Wildman–Crippen MR) is 91.2 cm³/mol. The van der Waals surface area contributed by atoms with Crippen LogP contribution < -0.4 is 15.4 Å². The van der Waals surface area contributed by atoms with Crippen molar-refractivity contribution < 1.29 is 28.2 Å². The van der Waals surface area contributed by atoms with E-state index in [-0.39, 0.29) is 18.0 Å². The molecule has 2 N–H and O–H groups in total. The zero-order valence-electron chi connectivity index (χ0n) is 15.1. The van der Waals surface area contributed by atoms with Crippen LogP contribution in [0.1, 0.15) is 27.7 Å². The molecule has 8 heteroatoms. The van der Waals surface area contributed by atoms with Crippen molar-refractivity contribution in [1.82, 2.24) is 5.32 Å². The third-order valence-electron chi connectivity index (χ3n) is 2.87. The molecule has 1 aromatic carbocycles. The number of carbonyl (C=O) groups is 2. The average Bonchev–Trinajstić information content (AvgIpc) is 2.47. The van der Waals surface area contributed by atoms with E-state index in [1.165, 1.54) is 26.2 Å². The zero-order valence-corrected chi connectivity index (χ0v) is 15.1. The molecular weight excluding hydrogens is 331 g/mol. The Balaban J connectivity index is 2.58. The van der Waals surface area contributed by atoms with E-state index in [1.807, 2.05) is 0 Å². The van der Waals surface area contributed by atoms with Gasteiger partial charge in [-0.05, 0) is 39.8 Å². The summed E-state index contributed by atoms with van der Waals surface area (Å²) in [5.74, 6) is -1.05. The van der Waals surface area contributed by atoms with Gasteiger partial charge in [0.2, 0.25) is 5.91 Å². The van der Waals surface area contributed by atoms with Crippen LogP contribution in [-0.2, 0) is 14.3 Å². The van der Waals surface area contributed by atoms with E-state index in [1.54, 1.807) is 20.8 Å². The summed E-state index contributed by atoms with van der Waals surface area (Å²) in [5, 5.41) is 4.93. The van der Waals surface area contributed by atoms with Gasteiger partial charge in [-0.3, -0.25) is 4.79 Å². The Morgan fingerprint density at radius 2 is 1.92 bits per heavy atom. The summed E-state index contributed by atoms with van der Waals surface area (Å²) in [6.45, 7) is 7.21. The third kappa shape index (κ3) is 7.84. The van der Waals surface area contributed by atoms with Crippen LogP contribution in [0.2, 0.25) is 0 Å². The molecule has 2 amide bonds. The predicted octanol–water partition coefficient (Wildman–Crippen LogP) is 2.70.